The van der Waals surface area contributed by atoms with Gasteiger partial charge in [-0.15, -0.1) is 11.3 Å². The molecule has 1 saturated carbocycles. The minimum atomic E-state index is -3.46. The second-order valence-corrected chi connectivity index (χ2v) is 11.9. The van der Waals surface area contributed by atoms with E-state index in [1.54, 1.807) is 17.5 Å². The van der Waals surface area contributed by atoms with Crippen LogP contribution >= 0.6 is 11.3 Å². The Bertz CT molecular complexity index is 1650. The van der Waals surface area contributed by atoms with E-state index in [1.807, 2.05) is 0 Å². The first-order valence-electron chi connectivity index (χ1n) is 11.7. The maximum Gasteiger partial charge on any atom is 0.335 e. The van der Waals surface area contributed by atoms with Crippen LogP contribution in [0.4, 0.5) is 13.9 Å². The van der Waals surface area contributed by atoms with Crippen LogP contribution in [-0.2, 0) is 14.6 Å². The fourth-order valence-electron chi connectivity index (χ4n) is 3.79. The van der Waals surface area contributed by atoms with Crippen molar-refractivity contribution >= 4 is 38.2 Å². The topological polar surface area (TPSA) is 123 Å². The van der Waals surface area contributed by atoms with Gasteiger partial charge in [0.15, 0.2) is 26.5 Å². The zero-order valence-corrected chi connectivity index (χ0v) is 21.6. The number of amides is 1. The third-order valence-corrected chi connectivity index (χ3v) is 9.05. The third-order valence-electron chi connectivity index (χ3n) is 6.01. The summed E-state index contributed by atoms with van der Waals surface area (Å²) in [4.78, 5) is 28.9. The second kappa shape index (κ2) is 10.5. The van der Waals surface area contributed by atoms with E-state index in [9.17, 15) is 26.8 Å². The zero-order valence-electron chi connectivity index (χ0n) is 20.0. The zero-order chi connectivity index (χ0) is 27.7. The molecule has 1 heterocycles. The smallest absolute Gasteiger partial charge is 0.335 e. The molecule has 2 N–H and O–H groups in total. The Hall–Kier alpha value is -4.16. The molecule has 0 aliphatic heterocycles. The molecule has 1 aliphatic carbocycles. The van der Waals surface area contributed by atoms with Gasteiger partial charge < -0.3 is 9.84 Å². The minimum Gasteiger partial charge on any atom is -0.478 e. The Morgan fingerprint density at radius 3 is 2.33 bits per heavy atom. The van der Waals surface area contributed by atoms with Gasteiger partial charge in [0.2, 0.25) is 6.10 Å². The van der Waals surface area contributed by atoms with E-state index < -0.39 is 44.7 Å². The standard InChI is InChI=1S/C27H20F2N2O6S2/c28-18-7-12-23(21(29)13-18)37-24(16-5-8-19(9-6-16)39(35,36)20-10-11-20)25(32)31-27-30-22(14-38-27)15-1-3-17(4-2-15)26(33)34/h1-9,12-14,20,24H,10-11H2,(H,33,34)(H,30,31,32). The Kier molecular flexibility index (Phi) is 7.15. The number of carbonyl (C=O) groups is 2. The van der Waals surface area contributed by atoms with Crippen molar-refractivity contribution < 1.29 is 36.6 Å². The molecule has 0 bridgehead atoms. The number of halogens is 2. The van der Waals surface area contributed by atoms with Gasteiger partial charge in [-0.25, -0.2) is 27.0 Å². The number of hydrogen-bond donors (Lipinski definition) is 2. The molecule has 1 atom stereocenters. The van der Waals surface area contributed by atoms with Crippen molar-refractivity contribution in [1.82, 2.24) is 4.98 Å². The van der Waals surface area contributed by atoms with E-state index in [4.69, 9.17) is 9.84 Å². The number of sulfone groups is 1. The first-order valence-corrected chi connectivity index (χ1v) is 14.1. The molecule has 0 radical (unpaired) electrons. The van der Waals surface area contributed by atoms with Crippen molar-refractivity contribution in [3.63, 3.8) is 0 Å². The van der Waals surface area contributed by atoms with Crippen molar-refractivity contribution in [3.8, 4) is 17.0 Å². The van der Waals surface area contributed by atoms with E-state index in [0.29, 0.717) is 30.2 Å². The normalized spacial score (nSPS) is 14.0. The van der Waals surface area contributed by atoms with Crippen molar-refractivity contribution in [2.75, 3.05) is 5.32 Å². The molecule has 39 heavy (non-hydrogen) atoms. The summed E-state index contributed by atoms with van der Waals surface area (Å²) >= 11 is 1.11. The lowest BCUT2D eigenvalue weighted by Gasteiger charge is -2.19. The largest absolute Gasteiger partial charge is 0.478 e. The maximum absolute atomic E-state index is 14.4. The summed E-state index contributed by atoms with van der Waals surface area (Å²) in [5.41, 5.74) is 1.48. The molecule has 0 saturated heterocycles. The van der Waals surface area contributed by atoms with Crippen LogP contribution in [0.2, 0.25) is 0 Å². The quantitative estimate of drug-likeness (QED) is 0.273. The molecule has 8 nitrogen and oxygen atoms in total. The molecule has 3 aromatic carbocycles. The van der Waals surface area contributed by atoms with Crippen molar-refractivity contribution in [2.45, 2.75) is 29.1 Å². The first kappa shape index (κ1) is 26.4. The van der Waals surface area contributed by atoms with Crippen molar-refractivity contribution in [2.24, 2.45) is 0 Å². The summed E-state index contributed by atoms with van der Waals surface area (Å²) in [6.45, 7) is 0. The summed E-state index contributed by atoms with van der Waals surface area (Å²) in [6, 6.07) is 14.3. The van der Waals surface area contributed by atoms with E-state index in [-0.39, 0.29) is 26.9 Å². The van der Waals surface area contributed by atoms with Crippen LogP contribution in [0.25, 0.3) is 11.3 Å². The van der Waals surface area contributed by atoms with Crippen LogP contribution in [0.15, 0.2) is 77.0 Å². The molecular formula is C27H20F2N2O6S2. The number of carboxylic acid groups (broad SMARTS) is 1. The second-order valence-electron chi connectivity index (χ2n) is 8.80. The van der Waals surface area contributed by atoms with E-state index in [0.717, 1.165) is 23.5 Å². The van der Waals surface area contributed by atoms with E-state index >= 15 is 0 Å². The number of carboxylic acids is 1. The summed E-state index contributed by atoms with van der Waals surface area (Å²) in [7, 11) is -3.46. The fraction of sp³-hybridized carbons (Fsp3) is 0.148. The van der Waals surface area contributed by atoms with Crippen LogP contribution in [0.3, 0.4) is 0 Å². The van der Waals surface area contributed by atoms with Crippen molar-refractivity contribution in [1.29, 1.82) is 0 Å². The van der Waals surface area contributed by atoms with E-state index in [2.05, 4.69) is 10.3 Å². The van der Waals surface area contributed by atoms with Gasteiger partial charge in [0, 0.05) is 22.6 Å². The number of nitrogens with one attached hydrogen (secondary N) is 1. The molecule has 1 aliphatic rings. The number of ether oxygens (including phenoxy) is 1. The Balaban J connectivity index is 1.40. The lowest BCUT2D eigenvalue weighted by Crippen LogP contribution is -2.26. The number of carbonyl (C=O) groups excluding carboxylic acids is 1. The number of rotatable bonds is 9. The van der Waals surface area contributed by atoms with Crippen LogP contribution in [-0.4, -0.2) is 35.6 Å². The predicted octanol–water partition coefficient (Wildman–Crippen LogP) is 5.48. The van der Waals surface area contributed by atoms with Crippen LogP contribution in [0.1, 0.15) is 34.9 Å². The Morgan fingerprint density at radius 2 is 1.72 bits per heavy atom. The molecular weight excluding hydrogens is 550 g/mol. The Morgan fingerprint density at radius 1 is 1.03 bits per heavy atom. The molecule has 12 heteroatoms. The van der Waals surface area contributed by atoms with Gasteiger partial charge in [0.05, 0.1) is 21.4 Å². The molecule has 0 spiro atoms. The fourth-order valence-corrected chi connectivity index (χ4v) is 6.17. The number of thiazole rings is 1. The summed E-state index contributed by atoms with van der Waals surface area (Å²) < 4.78 is 58.6. The highest BCUT2D eigenvalue weighted by atomic mass is 32.2. The van der Waals surface area contributed by atoms with E-state index in [1.165, 1.54) is 36.4 Å². The van der Waals surface area contributed by atoms with Crippen LogP contribution in [0, 0.1) is 11.6 Å². The van der Waals surface area contributed by atoms with Gasteiger partial charge in [-0.1, -0.05) is 24.3 Å². The average molecular weight is 571 g/mol. The SMILES string of the molecule is O=C(O)c1ccc(-c2csc(NC(=O)C(Oc3ccc(F)cc3F)c3ccc(S(=O)(=O)C4CC4)cc3)n2)cc1. The molecule has 200 valence electrons. The first-order chi connectivity index (χ1) is 18.6. The number of aromatic nitrogens is 1. The number of nitrogens with zero attached hydrogens (tertiary/aromatic N) is 1. The summed E-state index contributed by atoms with van der Waals surface area (Å²) in [5.74, 6) is -3.98. The average Bonchev–Trinajstić information content (AvgIpc) is 3.68. The predicted molar refractivity (Wildman–Crippen MR) is 140 cm³/mol. The van der Waals surface area contributed by atoms with Crippen molar-refractivity contribution in [3.05, 3.63) is 94.9 Å². The van der Waals surface area contributed by atoms with Crippen LogP contribution in [0.5, 0.6) is 5.75 Å². The minimum absolute atomic E-state index is 0.111. The summed E-state index contributed by atoms with van der Waals surface area (Å²) in [5, 5.41) is 13.1. The van der Waals surface area contributed by atoms with Gasteiger partial charge in [-0.05, 0) is 49.2 Å². The van der Waals surface area contributed by atoms with Gasteiger partial charge in [0.25, 0.3) is 5.91 Å². The van der Waals surface area contributed by atoms with Gasteiger partial charge >= 0.3 is 5.97 Å². The number of hydrogen-bond acceptors (Lipinski definition) is 7. The number of aromatic carboxylic acids is 1. The molecule has 1 amide bonds. The lowest BCUT2D eigenvalue weighted by atomic mass is 10.1. The van der Waals surface area contributed by atoms with Crippen LogP contribution < -0.4 is 10.1 Å². The lowest BCUT2D eigenvalue weighted by molar-refractivity contribution is -0.123. The molecule has 5 rings (SSSR count). The van der Waals surface area contributed by atoms with Gasteiger partial charge in [0.1, 0.15) is 5.82 Å². The highest BCUT2D eigenvalue weighted by Crippen LogP contribution is 2.35. The number of anilines is 1. The third kappa shape index (κ3) is 5.81. The number of benzene rings is 3. The van der Waals surface area contributed by atoms with Gasteiger partial charge in [-0.3, -0.25) is 10.1 Å². The molecule has 1 fully saturated rings. The maximum atomic E-state index is 14.4. The Labute approximate surface area is 225 Å². The highest BCUT2D eigenvalue weighted by Gasteiger charge is 2.37. The molecule has 1 unspecified atom stereocenters. The monoisotopic (exact) mass is 570 g/mol. The molecule has 4 aromatic rings. The highest BCUT2D eigenvalue weighted by molar-refractivity contribution is 7.92. The summed E-state index contributed by atoms with van der Waals surface area (Å²) in [6.07, 6.45) is -0.229. The van der Waals surface area contributed by atoms with Gasteiger partial charge in [-0.2, -0.15) is 0 Å². The molecule has 1 aromatic heterocycles.